The van der Waals surface area contributed by atoms with Gasteiger partial charge in [0.2, 0.25) is 5.89 Å². The molecule has 0 radical (unpaired) electrons. The largest absolute Gasteiger partial charge is 0.439 e. The van der Waals surface area contributed by atoms with Gasteiger partial charge in [-0.1, -0.05) is 60.7 Å². The fourth-order valence-corrected chi connectivity index (χ4v) is 2.54. The summed E-state index contributed by atoms with van der Waals surface area (Å²) in [5, 5.41) is 3.46. The fourth-order valence-electron chi connectivity index (χ4n) is 2.54. The summed E-state index contributed by atoms with van der Waals surface area (Å²) in [5.41, 5.74) is 3.06. The number of aromatic nitrogens is 1. The molecule has 1 aliphatic rings. The van der Waals surface area contributed by atoms with Gasteiger partial charge in [-0.25, -0.2) is 4.98 Å². The Labute approximate surface area is 147 Å². The molecule has 1 aliphatic carbocycles. The highest BCUT2D eigenvalue weighted by molar-refractivity contribution is 5.85. The van der Waals surface area contributed by atoms with Gasteiger partial charge in [0.25, 0.3) is 0 Å². The average Bonchev–Trinajstić information content (AvgIpc) is 3.32. The number of oxazole rings is 1. The topological polar surface area (TPSA) is 69.6 Å². The maximum Gasteiger partial charge on any atom is 0.209 e. The maximum atomic E-state index is 6.06. The van der Waals surface area contributed by atoms with Crippen molar-refractivity contribution in [2.45, 2.75) is 25.4 Å². The van der Waals surface area contributed by atoms with E-state index < -0.39 is 0 Å². The molecule has 1 aromatic heterocycles. The van der Waals surface area contributed by atoms with Crippen LogP contribution in [0.5, 0.6) is 0 Å². The number of halogens is 1. The van der Waals surface area contributed by atoms with E-state index in [1.165, 1.54) is 12.8 Å². The van der Waals surface area contributed by atoms with Gasteiger partial charge < -0.3 is 15.2 Å². The zero-order valence-corrected chi connectivity index (χ0v) is 14.1. The molecule has 4 rings (SSSR count). The van der Waals surface area contributed by atoms with Crippen molar-refractivity contribution >= 4 is 12.4 Å². The minimum atomic E-state index is 0. The van der Waals surface area contributed by atoms with Gasteiger partial charge in [-0.2, -0.15) is 0 Å². The molecule has 0 amide bonds. The lowest BCUT2D eigenvalue weighted by molar-refractivity contribution is 0.477. The zero-order chi connectivity index (χ0) is 14.8. The van der Waals surface area contributed by atoms with Gasteiger partial charge in [0, 0.05) is 17.2 Å². The first-order valence-electron chi connectivity index (χ1n) is 7.74. The van der Waals surface area contributed by atoms with Crippen LogP contribution in [-0.2, 0) is 6.54 Å². The van der Waals surface area contributed by atoms with Crippen LogP contribution in [0.3, 0.4) is 0 Å². The highest BCUT2D eigenvalue weighted by atomic mass is 35.5. The standard InChI is InChI=1S/C19H18N2O.ClH.H2O/c1-3-7-14(8-4-1)18-19(15-9-5-2-6-10-15)22-17(21-18)13-20-16-11-12-16;;/h1-10,16,20H,11-13H2;1H;1H2. The second-order valence-electron chi connectivity index (χ2n) is 5.67. The molecule has 0 aliphatic heterocycles. The summed E-state index contributed by atoms with van der Waals surface area (Å²) in [4.78, 5) is 4.73. The van der Waals surface area contributed by atoms with E-state index >= 15 is 0 Å². The van der Waals surface area contributed by atoms with Crippen molar-refractivity contribution < 1.29 is 9.89 Å². The minimum Gasteiger partial charge on any atom is -0.439 e. The number of rotatable bonds is 5. The molecule has 0 atom stereocenters. The van der Waals surface area contributed by atoms with Crippen molar-refractivity contribution in [2.24, 2.45) is 0 Å². The number of nitrogens with zero attached hydrogens (tertiary/aromatic N) is 1. The second kappa shape index (κ2) is 8.11. The Morgan fingerprint density at radius 2 is 1.50 bits per heavy atom. The number of hydrogen-bond acceptors (Lipinski definition) is 3. The Morgan fingerprint density at radius 1 is 0.917 bits per heavy atom. The Bertz CT molecular complexity index is 699. The molecule has 24 heavy (non-hydrogen) atoms. The third-order valence-electron chi connectivity index (χ3n) is 3.87. The lowest BCUT2D eigenvalue weighted by Gasteiger charge is -2.00. The van der Waals surface area contributed by atoms with Crippen molar-refractivity contribution in [3.05, 3.63) is 66.6 Å². The van der Waals surface area contributed by atoms with Crippen molar-refractivity contribution in [2.75, 3.05) is 0 Å². The Kier molecular flexibility index (Phi) is 6.15. The quantitative estimate of drug-likeness (QED) is 0.764. The van der Waals surface area contributed by atoms with Crippen molar-refractivity contribution in [3.63, 3.8) is 0 Å². The minimum absolute atomic E-state index is 0. The summed E-state index contributed by atoms with van der Waals surface area (Å²) < 4.78 is 6.06. The van der Waals surface area contributed by atoms with Gasteiger partial charge in [-0.3, -0.25) is 0 Å². The highest BCUT2D eigenvalue weighted by Crippen LogP contribution is 2.32. The predicted octanol–water partition coefficient (Wildman–Crippen LogP) is 3.86. The summed E-state index contributed by atoms with van der Waals surface area (Å²) in [6.07, 6.45) is 2.52. The van der Waals surface area contributed by atoms with E-state index in [-0.39, 0.29) is 17.9 Å². The van der Waals surface area contributed by atoms with E-state index in [1.54, 1.807) is 0 Å². The summed E-state index contributed by atoms with van der Waals surface area (Å²) in [5.74, 6) is 1.60. The molecule has 3 aromatic rings. The summed E-state index contributed by atoms with van der Waals surface area (Å²) in [6, 6.07) is 21.0. The predicted molar refractivity (Wildman–Crippen MR) is 98.1 cm³/mol. The lowest BCUT2D eigenvalue weighted by atomic mass is 10.1. The van der Waals surface area contributed by atoms with E-state index in [4.69, 9.17) is 9.40 Å². The molecule has 1 heterocycles. The van der Waals surface area contributed by atoms with E-state index in [1.807, 2.05) is 36.4 Å². The Morgan fingerprint density at radius 3 is 2.08 bits per heavy atom. The molecule has 0 saturated heterocycles. The van der Waals surface area contributed by atoms with Crippen LogP contribution in [0, 0.1) is 0 Å². The van der Waals surface area contributed by atoms with Gasteiger partial charge in [0.05, 0.1) is 6.54 Å². The number of nitrogens with one attached hydrogen (secondary N) is 1. The molecule has 0 spiro atoms. The van der Waals surface area contributed by atoms with Crippen LogP contribution in [0.4, 0.5) is 0 Å². The molecule has 0 unspecified atom stereocenters. The fraction of sp³-hybridized carbons (Fsp3) is 0.211. The van der Waals surface area contributed by atoms with E-state index in [0.717, 1.165) is 28.5 Å². The third-order valence-corrected chi connectivity index (χ3v) is 3.87. The molecule has 0 bridgehead atoms. The maximum absolute atomic E-state index is 6.06. The Hall–Kier alpha value is -2.14. The first kappa shape index (κ1) is 18.2. The van der Waals surface area contributed by atoms with Crippen LogP contribution in [0.1, 0.15) is 18.7 Å². The van der Waals surface area contributed by atoms with Crippen molar-refractivity contribution in [1.82, 2.24) is 10.3 Å². The molecule has 4 nitrogen and oxygen atoms in total. The average molecular weight is 345 g/mol. The normalized spacial score (nSPS) is 13.0. The van der Waals surface area contributed by atoms with Crippen molar-refractivity contribution in [1.29, 1.82) is 0 Å². The SMILES string of the molecule is Cl.O.c1ccc(-c2nc(CNC3CC3)oc2-c2ccccc2)cc1. The van der Waals surface area contributed by atoms with Crippen LogP contribution in [0.2, 0.25) is 0 Å². The monoisotopic (exact) mass is 344 g/mol. The number of benzene rings is 2. The second-order valence-corrected chi connectivity index (χ2v) is 5.67. The van der Waals surface area contributed by atoms with E-state index in [2.05, 4.69) is 29.6 Å². The van der Waals surface area contributed by atoms with Gasteiger partial charge >= 0.3 is 0 Å². The van der Waals surface area contributed by atoms with Crippen LogP contribution in [0.25, 0.3) is 22.6 Å². The highest BCUT2D eigenvalue weighted by Gasteiger charge is 2.22. The lowest BCUT2D eigenvalue weighted by Crippen LogP contribution is -2.15. The molecule has 126 valence electrons. The molecule has 1 fully saturated rings. The van der Waals surface area contributed by atoms with Crippen LogP contribution < -0.4 is 5.32 Å². The van der Waals surface area contributed by atoms with Crippen LogP contribution in [0.15, 0.2) is 65.1 Å². The van der Waals surface area contributed by atoms with Crippen LogP contribution in [-0.4, -0.2) is 16.5 Å². The molecule has 1 saturated carbocycles. The van der Waals surface area contributed by atoms with E-state index in [9.17, 15) is 0 Å². The van der Waals surface area contributed by atoms with Crippen LogP contribution >= 0.6 is 12.4 Å². The van der Waals surface area contributed by atoms with Crippen molar-refractivity contribution in [3.8, 4) is 22.6 Å². The molecule has 3 N–H and O–H groups in total. The zero-order valence-electron chi connectivity index (χ0n) is 13.2. The smallest absolute Gasteiger partial charge is 0.209 e. The number of hydrogen-bond donors (Lipinski definition) is 1. The first-order valence-corrected chi connectivity index (χ1v) is 7.74. The summed E-state index contributed by atoms with van der Waals surface area (Å²) in [7, 11) is 0. The van der Waals surface area contributed by atoms with E-state index in [0.29, 0.717) is 12.6 Å². The summed E-state index contributed by atoms with van der Waals surface area (Å²) >= 11 is 0. The van der Waals surface area contributed by atoms with Gasteiger partial charge in [-0.05, 0) is 12.8 Å². The van der Waals surface area contributed by atoms with Gasteiger partial charge in [0.15, 0.2) is 5.76 Å². The van der Waals surface area contributed by atoms with Gasteiger partial charge in [-0.15, -0.1) is 12.4 Å². The first-order chi connectivity index (χ1) is 10.9. The molecule has 2 aromatic carbocycles. The molecular weight excluding hydrogens is 324 g/mol. The Balaban J connectivity index is 0.00000104. The third kappa shape index (κ3) is 4.03. The molecular formula is C19H21ClN2O2. The molecule has 5 heteroatoms. The summed E-state index contributed by atoms with van der Waals surface area (Å²) in [6.45, 7) is 0.692. The van der Waals surface area contributed by atoms with Gasteiger partial charge in [0.1, 0.15) is 5.69 Å².